The zero-order valence-electron chi connectivity index (χ0n) is 8.08. The maximum Gasteiger partial charge on any atom is 0.144 e. The van der Waals surface area contributed by atoms with Gasteiger partial charge in [0.1, 0.15) is 5.76 Å². The van der Waals surface area contributed by atoms with E-state index in [0.717, 1.165) is 23.2 Å². The fraction of sp³-hybridized carbons (Fsp3) is 0.727. The lowest BCUT2D eigenvalue weighted by Gasteiger charge is -2.19. The summed E-state index contributed by atoms with van der Waals surface area (Å²) in [5.74, 6) is 4.01. The molecule has 2 saturated carbocycles. The maximum absolute atomic E-state index is 5.85. The molecule has 1 aromatic rings. The van der Waals surface area contributed by atoms with E-state index in [-0.39, 0.29) is 0 Å². The van der Waals surface area contributed by atoms with Crippen LogP contribution >= 0.6 is 11.6 Å². The van der Waals surface area contributed by atoms with Gasteiger partial charge >= 0.3 is 0 Å². The van der Waals surface area contributed by atoms with Crippen LogP contribution in [0, 0.1) is 11.8 Å². The summed E-state index contributed by atoms with van der Waals surface area (Å²) < 4.78 is 5.36. The fourth-order valence-electron chi connectivity index (χ4n) is 3.24. The number of nitrogens with zero attached hydrogens (tertiary/aromatic N) is 1. The largest absolute Gasteiger partial charge is 0.361 e. The topological polar surface area (TPSA) is 26.0 Å². The van der Waals surface area contributed by atoms with E-state index in [1.807, 2.05) is 0 Å². The molecule has 0 saturated heterocycles. The van der Waals surface area contributed by atoms with Crippen molar-refractivity contribution in [1.29, 1.82) is 0 Å². The zero-order valence-corrected chi connectivity index (χ0v) is 8.83. The second-order valence-electron chi connectivity index (χ2n) is 4.63. The van der Waals surface area contributed by atoms with Gasteiger partial charge in [0.25, 0.3) is 0 Å². The number of fused-ring (bicyclic) bond motifs is 2. The third-order valence-electron chi connectivity index (χ3n) is 3.89. The average molecular weight is 212 g/mol. The summed E-state index contributed by atoms with van der Waals surface area (Å²) in [6.45, 7) is 0. The van der Waals surface area contributed by atoms with Crippen LogP contribution in [0.15, 0.2) is 10.7 Å². The number of aromatic nitrogens is 1. The first kappa shape index (κ1) is 8.78. The molecule has 2 aliphatic rings. The highest BCUT2D eigenvalue weighted by molar-refractivity contribution is 6.17. The van der Waals surface area contributed by atoms with Gasteiger partial charge in [-0.05, 0) is 31.1 Å². The highest BCUT2D eigenvalue weighted by Crippen LogP contribution is 2.53. The van der Waals surface area contributed by atoms with Gasteiger partial charge in [-0.3, -0.25) is 0 Å². The van der Waals surface area contributed by atoms with Crippen molar-refractivity contribution in [2.75, 3.05) is 0 Å². The van der Waals surface area contributed by atoms with E-state index < -0.39 is 0 Å². The van der Waals surface area contributed by atoms with Crippen LogP contribution in [0.1, 0.15) is 42.9 Å². The van der Waals surface area contributed by atoms with Gasteiger partial charge in [0.2, 0.25) is 0 Å². The third kappa shape index (κ3) is 1.20. The van der Waals surface area contributed by atoms with Crippen LogP contribution in [0.3, 0.4) is 0 Å². The normalized spacial score (nSPS) is 35.4. The van der Waals surface area contributed by atoms with E-state index in [1.165, 1.54) is 25.7 Å². The zero-order chi connectivity index (χ0) is 9.54. The molecule has 0 radical (unpaired) electrons. The van der Waals surface area contributed by atoms with E-state index in [4.69, 9.17) is 16.1 Å². The smallest absolute Gasteiger partial charge is 0.144 e. The standard InChI is InChI=1S/C11H14ClNO/c12-5-9-6-13-14-11(9)10-4-7-1-2-8(10)3-7/h6-8,10H,1-5H2. The maximum atomic E-state index is 5.85. The third-order valence-corrected chi connectivity index (χ3v) is 4.18. The molecule has 2 bridgehead atoms. The van der Waals surface area contributed by atoms with Gasteiger partial charge in [0, 0.05) is 11.5 Å². The Morgan fingerprint density at radius 1 is 1.43 bits per heavy atom. The van der Waals surface area contributed by atoms with E-state index >= 15 is 0 Å². The van der Waals surface area contributed by atoms with Crippen molar-refractivity contribution < 1.29 is 4.52 Å². The quantitative estimate of drug-likeness (QED) is 0.702. The molecule has 3 heteroatoms. The molecule has 2 fully saturated rings. The Morgan fingerprint density at radius 2 is 2.36 bits per heavy atom. The van der Waals surface area contributed by atoms with Gasteiger partial charge in [0.05, 0.1) is 12.1 Å². The monoisotopic (exact) mass is 211 g/mol. The van der Waals surface area contributed by atoms with E-state index in [1.54, 1.807) is 6.20 Å². The van der Waals surface area contributed by atoms with E-state index in [0.29, 0.717) is 11.8 Å². The van der Waals surface area contributed by atoms with Gasteiger partial charge < -0.3 is 4.52 Å². The van der Waals surface area contributed by atoms with Gasteiger partial charge in [0.15, 0.2) is 0 Å². The summed E-state index contributed by atoms with van der Waals surface area (Å²) in [5, 5.41) is 3.86. The van der Waals surface area contributed by atoms with Crippen LogP contribution < -0.4 is 0 Å². The number of halogens is 1. The summed E-state index contributed by atoms with van der Waals surface area (Å²) in [7, 11) is 0. The second kappa shape index (κ2) is 3.27. The molecule has 0 aromatic carbocycles. The predicted molar refractivity (Wildman–Crippen MR) is 54.2 cm³/mol. The second-order valence-corrected chi connectivity index (χ2v) is 4.90. The lowest BCUT2D eigenvalue weighted by Crippen LogP contribution is -2.08. The van der Waals surface area contributed by atoms with Crippen LogP contribution in [0.4, 0.5) is 0 Å². The summed E-state index contributed by atoms with van der Waals surface area (Å²) in [6, 6.07) is 0. The highest BCUT2D eigenvalue weighted by Gasteiger charge is 2.42. The van der Waals surface area contributed by atoms with Crippen molar-refractivity contribution in [2.24, 2.45) is 11.8 Å². The lowest BCUT2D eigenvalue weighted by atomic mass is 9.86. The Labute approximate surface area is 88.6 Å². The predicted octanol–water partition coefficient (Wildman–Crippen LogP) is 3.32. The van der Waals surface area contributed by atoms with Crippen molar-refractivity contribution in [2.45, 2.75) is 37.5 Å². The minimum atomic E-state index is 0.534. The SMILES string of the molecule is ClCc1cnoc1C1CC2CCC1C2. The Bertz CT molecular complexity index is 336. The first-order valence-corrected chi connectivity index (χ1v) is 5.91. The van der Waals surface area contributed by atoms with Crippen LogP contribution in [0.25, 0.3) is 0 Å². The number of hydrogen-bond donors (Lipinski definition) is 0. The minimum absolute atomic E-state index is 0.534. The molecule has 0 spiro atoms. The van der Waals surface area contributed by atoms with Crippen LogP contribution in [0.2, 0.25) is 0 Å². The van der Waals surface area contributed by atoms with Crippen molar-refractivity contribution in [1.82, 2.24) is 5.16 Å². The molecule has 14 heavy (non-hydrogen) atoms. The van der Waals surface area contributed by atoms with Crippen molar-refractivity contribution in [3.8, 4) is 0 Å². The molecule has 0 amide bonds. The molecule has 3 rings (SSSR count). The van der Waals surface area contributed by atoms with Crippen molar-refractivity contribution in [3.63, 3.8) is 0 Å². The molecule has 2 nitrogen and oxygen atoms in total. The summed E-state index contributed by atoms with van der Waals surface area (Å²) in [6.07, 6.45) is 7.26. The Hall–Kier alpha value is -0.500. The molecule has 76 valence electrons. The molecule has 0 aliphatic heterocycles. The molecular formula is C11H14ClNO. The van der Waals surface area contributed by atoms with Gasteiger partial charge in [-0.1, -0.05) is 11.6 Å². The fourth-order valence-corrected chi connectivity index (χ4v) is 3.44. The van der Waals surface area contributed by atoms with Crippen molar-refractivity contribution >= 4 is 11.6 Å². The molecular weight excluding hydrogens is 198 g/mol. The molecule has 3 atom stereocenters. The Morgan fingerprint density at radius 3 is 3.00 bits per heavy atom. The van der Waals surface area contributed by atoms with Gasteiger partial charge in [-0.2, -0.15) is 0 Å². The molecule has 1 heterocycles. The summed E-state index contributed by atoms with van der Waals surface area (Å²) in [5.41, 5.74) is 1.10. The molecule has 3 unspecified atom stereocenters. The highest BCUT2D eigenvalue weighted by atomic mass is 35.5. The lowest BCUT2D eigenvalue weighted by molar-refractivity contribution is 0.308. The Balaban J connectivity index is 1.89. The van der Waals surface area contributed by atoms with Gasteiger partial charge in [-0.15, -0.1) is 11.6 Å². The number of hydrogen-bond acceptors (Lipinski definition) is 2. The summed E-state index contributed by atoms with van der Waals surface area (Å²) in [4.78, 5) is 0. The Kier molecular flexibility index (Phi) is 2.05. The minimum Gasteiger partial charge on any atom is -0.361 e. The van der Waals surface area contributed by atoms with Crippen LogP contribution in [0.5, 0.6) is 0 Å². The van der Waals surface area contributed by atoms with Crippen LogP contribution in [-0.4, -0.2) is 5.16 Å². The van der Waals surface area contributed by atoms with Crippen LogP contribution in [-0.2, 0) is 5.88 Å². The van der Waals surface area contributed by atoms with E-state index in [2.05, 4.69) is 5.16 Å². The average Bonchev–Trinajstić information content (AvgIpc) is 2.92. The first-order valence-electron chi connectivity index (χ1n) is 5.38. The van der Waals surface area contributed by atoms with E-state index in [9.17, 15) is 0 Å². The summed E-state index contributed by atoms with van der Waals surface area (Å²) >= 11 is 5.85. The number of alkyl halides is 1. The number of rotatable bonds is 2. The molecule has 1 aromatic heterocycles. The molecule has 2 aliphatic carbocycles. The molecule has 0 N–H and O–H groups in total. The first-order chi connectivity index (χ1) is 6.88. The van der Waals surface area contributed by atoms with Crippen molar-refractivity contribution in [3.05, 3.63) is 17.5 Å². The van der Waals surface area contributed by atoms with Gasteiger partial charge in [-0.25, -0.2) is 0 Å².